The minimum atomic E-state index is 0.294. The highest BCUT2D eigenvalue weighted by molar-refractivity contribution is 5.65. The van der Waals surface area contributed by atoms with E-state index in [9.17, 15) is 0 Å². The normalized spacial score (nSPS) is 10.7. The molecule has 0 heterocycles. The molecule has 100 valence electrons. The Kier molecular flexibility index (Phi) is 4.99. The fourth-order valence-electron chi connectivity index (χ4n) is 1.90. The smallest absolute Gasteiger partial charge is 0.0642 e. The molecule has 0 aliphatic carbocycles. The average molecular weight is 255 g/mol. The summed E-state index contributed by atoms with van der Waals surface area (Å²) in [7, 11) is 0. The Bertz CT molecular complexity index is 476. The van der Waals surface area contributed by atoms with E-state index < -0.39 is 0 Å². The minimum Gasteiger partial charge on any atom is -0.383 e. The van der Waals surface area contributed by atoms with Crippen LogP contribution in [0, 0.1) is 0 Å². The van der Waals surface area contributed by atoms with Crippen molar-refractivity contribution in [2.24, 2.45) is 0 Å². The second-order valence-electron chi connectivity index (χ2n) is 4.79. The van der Waals surface area contributed by atoms with Crippen molar-refractivity contribution in [1.82, 2.24) is 0 Å². The standard InChI is InChI=1S/C17H21NO/c1-14(2)19-13-12-18-17-10-8-16(9-11-17)15-6-4-3-5-7-15/h3-11,14,18H,12-13H2,1-2H3. The van der Waals surface area contributed by atoms with Crippen molar-refractivity contribution in [2.75, 3.05) is 18.5 Å². The molecule has 0 bridgehead atoms. The van der Waals surface area contributed by atoms with E-state index in [2.05, 4.69) is 67.7 Å². The third-order valence-corrected chi connectivity index (χ3v) is 2.87. The predicted octanol–water partition coefficient (Wildman–Crippen LogP) is 4.19. The lowest BCUT2D eigenvalue weighted by Crippen LogP contribution is -2.13. The monoisotopic (exact) mass is 255 g/mol. The molecule has 0 amide bonds. The summed E-state index contributed by atoms with van der Waals surface area (Å²) in [5, 5.41) is 3.35. The van der Waals surface area contributed by atoms with Gasteiger partial charge in [0, 0.05) is 12.2 Å². The fourth-order valence-corrected chi connectivity index (χ4v) is 1.90. The van der Waals surface area contributed by atoms with Crippen LogP contribution in [-0.4, -0.2) is 19.3 Å². The maximum atomic E-state index is 5.49. The highest BCUT2D eigenvalue weighted by atomic mass is 16.5. The molecule has 0 spiro atoms. The van der Waals surface area contributed by atoms with Crippen LogP contribution in [0.2, 0.25) is 0 Å². The van der Waals surface area contributed by atoms with E-state index in [4.69, 9.17) is 4.74 Å². The van der Waals surface area contributed by atoms with Crippen LogP contribution >= 0.6 is 0 Å². The summed E-state index contributed by atoms with van der Waals surface area (Å²) in [6.45, 7) is 5.67. The molecule has 0 aliphatic heterocycles. The molecule has 1 N–H and O–H groups in total. The maximum absolute atomic E-state index is 5.49. The van der Waals surface area contributed by atoms with Gasteiger partial charge in [-0.2, -0.15) is 0 Å². The molecule has 0 fully saturated rings. The second-order valence-corrected chi connectivity index (χ2v) is 4.79. The van der Waals surface area contributed by atoms with Gasteiger partial charge in [-0.05, 0) is 37.1 Å². The van der Waals surface area contributed by atoms with E-state index in [1.165, 1.54) is 11.1 Å². The maximum Gasteiger partial charge on any atom is 0.0642 e. The van der Waals surface area contributed by atoms with Crippen LogP contribution in [0.25, 0.3) is 11.1 Å². The Morgan fingerprint density at radius 3 is 2.16 bits per heavy atom. The van der Waals surface area contributed by atoms with Gasteiger partial charge in [0.05, 0.1) is 12.7 Å². The molecule has 0 aliphatic rings. The molecule has 0 saturated carbocycles. The molecule has 0 radical (unpaired) electrons. The van der Waals surface area contributed by atoms with Crippen LogP contribution in [0.1, 0.15) is 13.8 Å². The molecule has 0 unspecified atom stereocenters. The Hall–Kier alpha value is -1.80. The Morgan fingerprint density at radius 2 is 1.53 bits per heavy atom. The highest BCUT2D eigenvalue weighted by Gasteiger charge is 1.97. The van der Waals surface area contributed by atoms with Gasteiger partial charge in [-0.15, -0.1) is 0 Å². The first-order valence-electron chi connectivity index (χ1n) is 6.76. The van der Waals surface area contributed by atoms with Crippen molar-refractivity contribution in [3.8, 4) is 11.1 Å². The van der Waals surface area contributed by atoms with E-state index in [0.717, 1.165) is 18.8 Å². The van der Waals surface area contributed by atoms with E-state index >= 15 is 0 Å². The van der Waals surface area contributed by atoms with Crippen LogP contribution in [0.15, 0.2) is 54.6 Å². The first kappa shape index (κ1) is 13.6. The molecule has 0 saturated heterocycles. The first-order chi connectivity index (χ1) is 9.25. The largest absolute Gasteiger partial charge is 0.383 e. The Labute approximate surface area is 115 Å². The summed E-state index contributed by atoms with van der Waals surface area (Å²) in [6.07, 6.45) is 0.294. The molecular formula is C17H21NO. The second kappa shape index (κ2) is 6.95. The van der Waals surface area contributed by atoms with Gasteiger partial charge in [0.2, 0.25) is 0 Å². The van der Waals surface area contributed by atoms with Crippen LogP contribution in [0.4, 0.5) is 5.69 Å². The molecule has 0 aromatic heterocycles. The summed E-state index contributed by atoms with van der Waals surface area (Å²) >= 11 is 0. The van der Waals surface area contributed by atoms with Gasteiger partial charge < -0.3 is 10.1 Å². The Balaban J connectivity index is 1.88. The van der Waals surface area contributed by atoms with Gasteiger partial charge in [0.15, 0.2) is 0 Å². The van der Waals surface area contributed by atoms with Crippen molar-refractivity contribution in [3.63, 3.8) is 0 Å². The van der Waals surface area contributed by atoms with E-state index in [0.29, 0.717) is 6.10 Å². The molecular weight excluding hydrogens is 234 g/mol. The lowest BCUT2D eigenvalue weighted by atomic mass is 10.1. The topological polar surface area (TPSA) is 21.3 Å². The molecule has 2 aromatic carbocycles. The molecule has 19 heavy (non-hydrogen) atoms. The van der Waals surface area contributed by atoms with E-state index in [-0.39, 0.29) is 0 Å². The molecule has 2 aromatic rings. The summed E-state index contributed by atoms with van der Waals surface area (Å²) in [5.41, 5.74) is 3.62. The highest BCUT2D eigenvalue weighted by Crippen LogP contribution is 2.20. The van der Waals surface area contributed by atoms with Gasteiger partial charge in [0.25, 0.3) is 0 Å². The number of nitrogens with one attached hydrogen (secondary N) is 1. The van der Waals surface area contributed by atoms with E-state index in [1.54, 1.807) is 0 Å². The summed E-state index contributed by atoms with van der Waals surface area (Å²) in [5.74, 6) is 0. The minimum absolute atomic E-state index is 0.294. The zero-order valence-electron chi connectivity index (χ0n) is 11.6. The van der Waals surface area contributed by atoms with Crippen molar-refractivity contribution in [2.45, 2.75) is 20.0 Å². The molecule has 2 nitrogen and oxygen atoms in total. The van der Waals surface area contributed by atoms with Crippen molar-refractivity contribution in [1.29, 1.82) is 0 Å². The van der Waals surface area contributed by atoms with Gasteiger partial charge in [-0.3, -0.25) is 0 Å². The predicted molar refractivity (Wildman–Crippen MR) is 81.5 cm³/mol. The molecule has 2 rings (SSSR count). The van der Waals surface area contributed by atoms with E-state index in [1.807, 2.05) is 6.07 Å². The van der Waals surface area contributed by atoms with Crippen LogP contribution in [-0.2, 0) is 4.74 Å². The zero-order valence-corrected chi connectivity index (χ0v) is 11.6. The van der Waals surface area contributed by atoms with Gasteiger partial charge in [-0.1, -0.05) is 42.5 Å². The number of anilines is 1. The molecule has 2 heteroatoms. The lowest BCUT2D eigenvalue weighted by molar-refractivity contribution is 0.0870. The summed E-state index contributed by atoms with van der Waals surface area (Å²) in [4.78, 5) is 0. The quantitative estimate of drug-likeness (QED) is 0.781. The van der Waals surface area contributed by atoms with Crippen molar-refractivity contribution in [3.05, 3.63) is 54.6 Å². The SMILES string of the molecule is CC(C)OCCNc1ccc(-c2ccccc2)cc1. The van der Waals surface area contributed by atoms with Crippen LogP contribution in [0.3, 0.4) is 0 Å². The Morgan fingerprint density at radius 1 is 0.895 bits per heavy atom. The average Bonchev–Trinajstić information content (AvgIpc) is 2.45. The lowest BCUT2D eigenvalue weighted by Gasteiger charge is -2.10. The van der Waals surface area contributed by atoms with Gasteiger partial charge in [0.1, 0.15) is 0 Å². The van der Waals surface area contributed by atoms with Crippen LogP contribution in [0.5, 0.6) is 0 Å². The van der Waals surface area contributed by atoms with Gasteiger partial charge in [-0.25, -0.2) is 0 Å². The number of rotatable bonds is 6. The zero-order chi connectivity index (χ0) is 13.5. The number of hydrogen-bond donors (Lipinski definition) is 1. The van der Waals surface area contributed by atoms with Gasteiger partial charge >= 0.3 is 0 Å². The molecule has 0 atom stereocenters. The fraction of sp³-hybridized carbons (Fsp3) is 0.294. The number of ether oxygens (including phenoxy) is 1. The van der Waals surface area contributed by atoms with Crippen molar-refractivity contribution >= 4 is 5.69 Å². The third kappa shape index (κ3) is 4.42. The summed E-state index contributed by atoms with van der Waals surface area (Å²) in [6, 6.07) is 18.9. The first-order valence-corrected chi connectivity index (χ1v) is 6.76. The number of benzene rings is 2. The number of hydrogen-bond acceptors (Lipinski definition) is 2. The van der Waals surface area contributed by atoms with Crippen LogP contribution < -0.4 is 5.32 Å². The van der Waals surface area contributed by atoms with Crippen molar-refractivity contribution < 1.29 is 4.74 Å². The summed E-state index contributed by atoms with van der Waals surface area (Å²) < 4.78 is 5.49. The third-order valence-electron chi connectivity index (χ3n) is 2.87.